The van der Waals surface area contributed by atoms with E-state index < -0.39 is 0 Å². The Hall–Kier alpha value is -0.870. The molecular formula is C17H22N2S2. The summed E-state index contributed by atoms with van der Waals surface area (Å²) in [4.78, 5) is 4.15. The highest BCUT2D eigenvalue weighted by Crippen LogP contribution is 2.49. The van der Waals surface area contributed by atoms with Crippen LogP contribution in [-0.4, -0.2) is 25.1 Å². The fourth-order valence-electron chi connectivity index (χ4n) is 3.03. The van der Waals surface area contributed by atoms with E-state index in [9.17, 15) is 0 Å². The van der Waals surface area contributed by atoms with Gasteiger partial charge in [-0.05, 0) is 32.3 Å². The molecule has 1 saturated heterocycles. The first-order valence-corrected chi connectivity index (χ1v) is 9.43. The number of thioether (sulfide) groups is 2. The van der Waals surface area contributed by atoms with Gasteiger partial charge in [0.1, 0.15) is 0 Å². The highest BCUT2D eigenvalue weighted by molar-refractivity contribution is 8.21. The third kappa shape index (κ3) is 3.86. The van der Waals surface area contributed by atoms with Crippen LogP contribution in [0.15, 0.2) is 36.9 Å². The zero-order valence-electron chi connectivity index (χ0n) is 12.7. The predicted octanol–water partition coefficient (Wildman–Crippen LogP) is 4.31. The van der Waals surface area contributed by atoms with Gasteiger partial charge in [0.25, 0.3) is 0 Å². The van der Waals surface area contributed by atoms with Crippen molar-refractivity contribution in [1.82, 2.24) is 9.55 Å². The molecular weight excluding hydrogens is 296 g/mol. The largest absolute Gasteiger partial charge is 0.337 e. The van der Waals surface area contributed by atoms with Crippen LogP contribution in [0.4, 0.5) is 0 Å². The fraction of sp³-hybridized carbons (Fsp3) is 0.471. The van der Waals surface area contributed by atoms with E-state index in [4.69, 9.17) is 0 Å². The molecule has 2 heterocycles. The number of imidazole rings is 1. The minimum Gasteiger partial charge on any atom is -0.337 e. The van der Waals surface area contributed by atoms with Crippen LogP contribution in [0.3, 0.4) is 0 Å². The van der Waals surface area contributed by atoms with Crippen molar-refractivity contribution in [3.05, 3.63) is 53.6 Å². The Labute approximate surface area is 135 Å². The van der Waals surface area contributed by atoms with Crippen LogP contribution in [0.1, 0.15) is 23.1 Å². The van der Waals surface area contributed by atoms with Crippen LogP contribution in [0.2, 0.25) is 0 Å². The summed E-state index contributed by atoms with van der Waals surface area (Å²) < 4.78 is 2.53. The standard InChI is InChI=1S/C17H22N2S2/c1-14-9-15(2)11-16(10-14)12-17(20-7-8-21-17)3-5-19-6-4-18-13-19/h4,6,9-11,13H,3,5,7-8,12H2,1-2H3. The maximum absolute atomic E-state index is 4.15. The zero-order chi connectivity index (χ0) is 14.7. The Bertz CT molecular complexity index is 567. The van der Waals surface area contributed by atoms with Crippen molar-refractivity contribution in [2.75, 3.05) is 11.5 Å². The second-order valence-corrected chi connectivity index (χ2v) is 9.05. The van der Waals surface area contributed by atoms with Crippen LogP contribution in [0.25, 0.3) is 0 Å². The molecule has 1 aliphatic rings. The lowest BCUT2D eigenvalue weighted by atomic mass is 10.0. The SMILES string of the molecule is Cc1cc(C)cc(CC2(CCn3ccnc3)SCCS2)c1. The number of aromatic nitrogens is 2. The van der Waals surface area contributed by atoms with Gasteiger partial charge in [-0.15, -0.1) is 23.5 Å². The minimum absolute atomic E-state index is 0.338. The quantitative estimate of drug-likeness (QED) is 0.818. The number of hydrogen-bond acceptors (Lipinski definition) is 3. The van der Waals surface area contributed by atoms with Crippen LogP contribution < -0.4 is 0 Å². The van der Waals surface area contributed by atoms with Gasteiger partial charge in [-0.25, -0.2) is 4.98 Å². The van der Waals surface area contributed by atoms with Crippen LogP contribution in [0, 0.1) is 13.8 Å². The third-order valence-corrected chi connectivity index (χ3v) is 7.41. The molecule has 3 rings (SSSR count). The Morgan fingerprint density at radius 1 is 1.14 bits per heavy atom. The molecule has 2 aromatic rings. The highest BCUT2D eigenvalue weighted by Gasteiger charge is 2.35. The Morgan fingerprint density at radius 3 is 2.48 bits per heavy atom. The summed E-state index contributed by atoms with van der Waals surface area (Å²) in [7, 11) is 0. The second kappa shape index (κ2) is 6.49. The molecule has 2 nitrogen and oxygen atoms in total. The molecule has 0 aliphatic carbocycles. The van der Waals surface area contributed by atoms with Gasteiger partial charge in [0.2, 0.25) is 0 Å². The van der Waals surface area contributed by atoms with Gasteiger partial charge in [0.05, 0.1) is 10.4 Å². The first-order chi connectivity index (χ1) is 10.2. The number of aryl methyl sites for hydroxylation is 3. The summed E-state index contributed by atoms with van der Waals surface area (Å²) in [6, 6.07) is 6.97. The van der Waals surface area contributed by atoms with E-state index in [2.05, 4.69) is 71.3 Å². The summed E-state index contributed by atoms with van der Waals surface area (Å²) in [5, 5.41) is 0. The van der Waals surface area contributed by atoms with Gasteiger partial charge in [-0.2, -0.15) is 0 Å². The molecule has 21 heavy (non-hydrogen) atoms. The van der Waals surface area contributed by atoms with Crippen molar-refractivity contribution in [1.29, 1.82) is 0 Å². The van der Waals surface area contributed by atoms with Crippen molar-refractivity contribution < 1.29 is 0 Å². The lowest BCUT2D eigenvalue weighted by Gasteiger charge is -2.28. The second-order valence-electron chi connectivity index (χ2n) is 5.83. The van der Waals surface area contributed by atoms with Gasteiger partial charge in [0, 0.05) is 30.4 Å². The Balaban J connectivity index is 1.74. The minimum atomic E-state index is 0.338. The molecule has 1 aromatic heterocycles. The number of benzene rings is 1. The molecule has 0 amide bonds. The molecule has 1 aliphatic heterocycles. The van der Waals surface area contributed by atoms with Crippen LogP contribution >= 0.6 is 23.5 Å². The summed E-state index contributed by atoms with van der Waals surface area (Å²) in [6.45, 7) is 5.46. The van der Waals surface area contributed by atoms with Crippen molar-refractivity contribution in [3.63, 3.8) is 0 Å². The third-order valence-electron chi connectivity index (χ3n) is 3.88. The molecule has 0 atom stereocenters. The van der Waals surface area contributed by atoms with Crippen molar-refractivity contribution in [2.45, 2.75) is 37.3 Å². The molecule has 0 bridgehead atoms. The molecule has 112 valence electrons. The molecule has 0 N–H and O–H groups in total. The van der Waals surface area contributed by atoms with E-state index in [1.807, 2.05) is 12.5 Å². The molecule has 0 unspecified atom stereocenters. The average molecular weight is 319 g/mol. The van der Waals surface area contributed by atoms with Crippen LogP contribution in [-0.2, 0) is 13.0 Å². The average Bonchev–Trinajstić information content (AvgIpc) is 3.06. The lowest BCUT2D eigenvalue weighted by molar-refractivity contribution is 0.597. The fourth-order valence-corrected chi connectivity index (χ4v) is 6.29. The number of rotatable bonds is 5. The zero-order valence-corrected chi connectivity index (χ0v) is 14.3. The smallest absolute Gasteiger partial charge is 0.0945 e. The molecule has 1 aromatic carbocycles. The molecule has 0 saturated carbocycles. The molecule has 0 spiro atoms. The molecule has 4 heteroatoms. The van der Waals surface area contributed by atoms with Gasteiger partial charge in [0.15, 0.2) is 0 Å². The molecule has 1 fully saturated rings. The maximum atomic E-state index is 4.15. The van der Waals surface area contributed by atoms with Crippen molar-refractivity contribution in [3.8, 4) is 0 Å². The molecule has 0 radical (unpaired) electrons. The van der Waals surface area contributed by atoms with E-state index in [0.717, 1.165) is 6.54 Å². The van der Waals surface area contributed by atoms with Gasteiger partial charge in [-0.3, -0.25) is 0 Å². The van der Waals surface area contributed by atoms with Gasteiger partial charge in [-0.1, -0.05) is 29.3 Å². The van der Waals surface area contributed by atoms with E-state index >= 15 is 0 Å². The first-order valence-electron chi connectivity index (χ1n) is 7.46. The van der Waals surface area contributed by atoms with Crippen molar-refractivity contribution in [2.24, 2.45) is 0 Å². The Morgan fingerprint density at radius 2 is 1.86 bits per heavy atom. The van der Waals surface area contributed by atoms with E-state index in [1.165, 1.54) is 41.0 Å². The first kappa shape index (κ1) is 15.0. The highest BCUT2D eigenvalue weighted by atomic mass is 32.2. The predicted molar refractivity (Wildman–Crippen MR) is 94.1 cm³/mol. The maximum Gasteiger partial charge on any atom is 0.0945 e. The summed E-state index contributed by atoms with van der Waals surface area (Å²) in [5.74, 6) is 2.55. The summed E-state index contributed by atoms with van der Waals surface area (Å²) >= 11 is 4.29. The van der Waals surface area contributed by atoms with E-state index in [0.29, 0.717) is 4.08 Å². The van der Waals surface area contributed by atoms with Crippen LogP contribution in [0.5, 0.6) is 0 Å². The van der Waals surface area contributed by atoms with Gasteiger partial charge >= 0.3 is 0 Å². The van der Waals surface area contributed by atoms with E-state index in [1.54, 1.807) is 0 Å². The van der Waals surface area contributed by atoms with Crippen molar-refractivity contribution >= 4 is 23.5 Å². The topological polar surface area (TPSA) is 17.8 Å². The normalized spacial score (nSPS) is 17.2. The number of hydrogen-bond donors (Lipinski definition) is 0. The van der Waals surface area contributed by atoms with E-state index in [-0.39, 0.29) is 0 Å². The summed E-state index contributed by atoms with van der Waals surface area (Å²) in [5.41, 5.74) is 4.24. The lowest BCUT2D eigenvalue weighted by Crippen LogP contribution is -2.23. The number of nitrogens with zero attached hydrogens (tertiary/aromatic N) is 2. The van der Waals surface area contributed by atoms with Gasteiger partial charge < -0.3 is 4.57 Å². The Kier molecular flexibility index (Phi) is 4.65. The summed E-state index contributed by atoms with van der Waals surface area (Å²) in [6.07, 6.45) is 8.22. The monoisotopic (exact) mass is 318 g/mol.